The van der Waals surface area contributed by atoms with E-state index < -0.39 is 0 Å². The predicted octanol–water partition coefficient (Wildman–Crippen LogP) is 2.59. The number of nitrogens with one attached hydrogen (secondary N) is 1. The molecule has 0 bridgehead atoms. The number of ether oxygens (including phenoxy) is 1. The first kappa shape index (κ1) is 14.8. The molecule has 0 amide bonds. The Labute approximate surface area is 109 Å². The monoisotopic (exact) mass is 259 g/mol. The van der Waals surface area contributed by atoms with Gasteiger partial charge in [0.15, 0.2) is 0 Å². The summed E-state index contributed by atoms with van der Waals surface area (Å²) in [5.41, 5.74) is 0. The lowest BCUT2D eigenvalue weighted by molar-refractivity contribution is -0.143. The number of methoxy groups -OCH3 is 1. The van der Waals surface area contributed by atoms with Crippen molar-refractivity contribution in [3.05, 3.63) is 0 Å². The third-order valence-corrected chi connectivity index (χ3v) is 4.50. The fraction of sp³-hybridized carbons (Fsp3) is 0.923. The number of carbonyl (C=O) groups is 1. The van der Waals surface area contributed by atoms with Gasteiger partial charge in [-0.05, 0) is 25.0 Å². The molecule has 17 heavy (non-hydrogen) atoms. The molecule has 1 atom stereocenters. The van der Waals surface area contributed by atoms with Crippen molar-refractivity contribution in [3.63, 3.8) is 0 Å². The number of thioether (sulfide) groups is 1. The lowest BCUT2D eigenvalue weighted by Crippen LogP contribution is -2.42. The van der Waals surface area contributed by atoms with Gasteiger partial charge in [0, 0.05) is 11.3 Å². The van der Waals surface area contributed by atoms with Crippen LogP contribution in [0.4, 0.5) is 0 Å². The first-order chi connectivity index (χ1) is 8.13. The lowest BCUT2D eigenvalue weighted by atomic mass is 10.2. The second kappa shape index (κ2) is 7.98. The molecule has 0 aromatic heterocycles. The van der Waals surface area contributed by atoms with Crippen molar-refractivity contribution in [3.8, 4) is 0 Å². The standard InChI is InChI=1S/C13H25NO2S/c1-10(2)14-12(13(15)16-3)8-9-17-11-6-4-5-7-11/h10-12,14H,4-9H2,1-3H3. The van der Waals surface area contributed by atoms with Crippen LogP contribution in [0.2, 0.25) is 0 Å². The molecular weight excluding hydrogens is 234 g/mol. The second-order valence-electron chi connectivity index (χ2n) is 4.96. The Hall–Kier alpha value is -0.220. The van der Waals surface area contributed by atoms with Gasteiger partial charge in [0.2, 0.25) is 0 Å². The van der Waals surface area contributed by atoms with Crippen LogP contribution in [-0.4, -0.2) is 36.2 Å². The van der Waals surface area contributed by atoms with Gasteiger partial charge in [-0.15, -0.1) is 0 Å². The third-order valence-electron chi connectivity index (χ3n) is 3.08. The normalized spacial score (nSPS) is 18.6. The van der Waals surface area contributed by atoms with Crippen molar-refractivity contribution in [1.29, 1.82) is 0 Å². The molecule has 0 aliphatic heterocycles. The number of hydrogen-bond acceptors (Lipinski definition) is 4. The summed E-state index contributed by atoms with van der Waals surface area (Å²) in [6.45, 7) is 4.11. The lowest BCUT2D eigenvalue weighted by Gasteiger charge is -2.19. The van der Waals surface area contributed by atoms with Crippen LogP contribution < -0.4 is 5.32 Å². The van der Waals surface area contributed by atoms with Crippen molar-refractivity contribution < 1.29 is 9.53 Å². The van der Waals surface area contributed by atoms with E-state index in [-0.39, 0.29) is 12.0 Å². The highest BCUT2D eigenvalue weighted by Gasteiger charge is 2.21. The molecule has 1 aliphatic rings. The molecular formula is C13H25NO2S. The first-order valence-corrected chi connectivity index (χ1v) is 7.64. The SMILES string of the molecule is COC(=O)C(CCSC1CCCC1)NC(C)C. The van der Waals surface area contributed by atoms with Gasteiger partial charge in [0.1, 0.15) is 6.04 Å². The van der Waals surface area contributed by atoms with Crippen LogP contribution in [0, 0.1) is 0 Å². The van der Waals surface area contributed by atoms with Crippen LogP contribution in [-0.2, 0) is 9.53 Å². The summed E-state index contributed by atoms with van der Waals surface area (Å²) in [7, 11) is 1.46. The van der Waals surface area contributed by atoms with Crippen molar-refractivity contribution in [1.82, 2.24) is 5.32 Å². The molecule has 0 saturated heterocycles. The number of carbonyl (C=O) groups excluding carboxylic acids is 1. The summed E-state index contributed by atoms with van der Waals surface area (Å²) in [5.74, 6) is 0.912. The van der Waals surface area contributed by atoms with Gasteiger partial charge >= 0.3 is 5.97 Å². The number of rotatable bonds is 7. The van der Waals surface area contributed by atoms with E-state index in [0.717, 1.165) is 17.4 Å². The van der Waals surface area contributed by atoms with E-state index in [1.54, 1.807) is 0 Å². The molecule has 0 radical (unpaired) electrons. The third kappa shape index (κ3) is 5.77. The van der Waals surface area contributed by atoms with Crippen molar-refractivity contribution in [2.45, 2.75) is 63.3 Å². The van der Waals surface area contributed by atoms with E-state index in [1.807, 2.05) is 11.8 Å². The molecule has 1 rings (SSSR count). The molecule has 3 nitrogen and oxygen atoms in total. The molecule has 1 saturated carbocycles. The Balaban J connectivity index is 2.24. The molecule has 1 aliphatic carbocycles. The highest BCUT2D eigenvalue weighted by molar-refractivity contribution is 7.99. The quantitative estimate of drug-likeness (QED) is 0.713. The molecule has 4 heteroatoms. The maximum absolute atomic E-state index is 11.6. The maximum Gasteiger partial charge on any atom is 0.322 e. The van der Waals surface area contributed by atoms with Gasteiger partial charge in [-0.1, -0.05) is 26.7 Å². The summed E-state index contributed by atoms with van der Waals surface area (Å²) in [5, 5.41) is 4.09. The van der Waals surface area contributed by atoms with E-state index in [9.17, 15) is 4.79 Å². The van der Waals surface area contributed by atoms with Crippen molar-refractivity contribution >= 4 is 17.7 Å². The van der Waals surface area contributed by atoms with Gasteiger partial charge < -0.3 is 10.1 Å². The van der Waals surface area contributed by atoms with Crippen LogP contribution in [0.1, 0.15) is 46.0 Å². The van der Waals surface area contributed by atoms with Gasteiger partial charge in [-0.3, -0.25) is 4.79 Å². The van der Waals surface area contributed by atoms with E-state index in [4.69, 9.17) is 4.74 Å². The average molecular weight is 259 g/mol. The van der Waals surface area contributed by atoms with Crippen LogP contribution in [0.15, 0.2) is 0 Å². The molecule has 1 fully saturated rings. The Morgan fingerprint density at radius 2 is 2.06 bits per heavy atom. The zero-order valence-corrected chi connectivity index (χ0v) is 12.0. The first-order valence-electron chi connectivity index (χ1n) is 6.59. The van der Waals surface area contributed by atoms with Gasteiger partial charge in [-0.2, -0.15) is 11.8 Å². The Kier molecular flexibility index (Phi) is 6.97. The zero-order chi connectivity index (χ0) is 12.7. The fourth-order valence-electron chi connectivity index (χ4n) is 2.22. The summed E-state index contributed by atoms with van der Waals surface area (Å²) >= 11 is 2.02. The zero-order valence-electron chi connectivity index (χ0n) is 11.2. The van der Waals surface area contributed by atoms with Crippen LogP contribution in [0.5, 0.6) is 0 Å². The molecule has 0 spiro atoms. The minimum Gasteiger partial charge on any atom is -0.468 e. The smallest absolute Gasteiger partial charge is 0.322 e. The Bertz CT molecular complexity index is 227. The number of esters is 1. The highest BCUT2D eigenvalue weighted by Crippen LogP contribution is 2.29. The van der Waals surface area contributed by atoms with Crippen molar-refractivity contribution in [2.75, 3.05) is 12.9 Å². The molecule has 0 aromatic rings. The van der Waals surface area contributed by atoms with E-state index in [2.05, 4.69) is 19.2 Å². The predicted molar refractivity (Wildman–Crippen MR) is 73.4 cm³/mol. The molecule has 0 aromatic carbocycles. The molecule has 1 unspecified atom stereocenters. The molecule has 1 N–H and O–H groups in total. The van der Waals surface area contributed by atoms with Crippen LogP contribution >= 0.6 is 11.8 Å². The average Bonchev–Trinajstić information content (AvgIpc) is 2.79. The molecule has 0 heterocycles. The van der Waals surface area contributed by atoms with Gasteiger partial charge in [-0.25, -0.2) is 0 Å². The van der Waals surface area contributed by atoms with Crippen molar-refractivity contribution in [2.24, 2.45) is 0 Å². The van der Waals surface area contributed by atoms with Crippen LogP contribution in [0.25, 0.3) is 0 Å². The second-order valence-corrected chi connectivity index (χ2v) is 6.37. The summed E-state index contributed by atoms with van der Waals surface area (Å²) in [4.78, 5) is 11.6. The minimum absolute atomic E-state index is 0.134. The van der Waals surface area contributed by atoms with Gasteiger partial charge in [0.25, 0.3) is 0 Å². The van der Waals surface area contributed by atoms with E-state index in [1.165, 1.54) is 32.8 Å². The topological polar surface area (TPSA) is 38.3 Å². The maximum atomic E-state index is 11.6. The summed E-state index contributed by atoms with van der Waals surface area (Å²) in [6.07, 6.45) is 6.33. The largest absolute Gasteiger partial charge is 0.468 e. The Morgan fingerprint density at radius 1 is 1.41 bits per heavy atom. The van der Waals surface area contributed by atoms with E-state index >= 15 is 0 Å². The van der Waals surface area contributed by atoms with E-state index in [0.29, 0.717) is 6.04 Å². The highest BCUT2D eigenvalue weighted by atomic mass is 32.2. The minimum atomic E-state index is -0.145. The Morgan fingerprint density at radius 3 is 2.59 bits per heavy atom. The fourth-order valence-corrected chi connectivity index (χ4v) is 3.59. The summed E-state index contributed by atoms with van der Waals surface area (Å²) in [6, 6.07) is 0.171. The summed E-state index contributed by atoms with van der Waals surface area (Å²) < 4.78 is 4.83. The molecule has 100 valence electrons. The number of hydrogen-bond donors (Lipinski definition) is 1. The van der Waals surface area contributed by atoms with Crippen LogP contribution in [0.3, 0.4) is 0 Å². The van der Waals surface area contributed by atoms with Gasteiger partial charge in [0.05, 0.1) is 7.11 Å².